The number of anilines is 1. The van der Waals surface area contributed by atoms with Crippen molar-refractivity contribution in [3.05, 3.63) is 30.3 Å². The predicted octanol–water partition coefficient (Wildman–Crippen LogP) is 3.18. The fourth-order valence-corrected chi connectivity index (χ4v) is 2.87. The molecule has 0 aliphatic heterocycles. The molecule has 1 fully saturated rings. The van der Waals surface area contributed by atoms with E-state index in [9.17, 15) is 5.26 Å². The van der Waals surface area contributed by atoms with Crippen LogP contribution in [0.25, 0.3) is 0 Å². The number of likely N-dealkylation sites (N-methyl/N-ethyl adjacent to an activating group) is 1. The van der Waals surface area contributed by atoms with Crippen molar-refractivity contribution in [2.45, 2.75) is 45.2 Å². The Morgan fingerprint density at radius 2 is 2.00 bits per heavy atom. The first kappa shape index (κ1) is 14.9. The van der Waals surface area contributed by atoms with Crippen LogP contribution in [0, 0.1) is 17.2 Å². The van der Waals surface area contributed by atoms with Gasteiger partial charge in [0, 0.05) is 24.8 Å². The van der Waals surface area contributed by atoms with Gasteiger partial charge in [0.1, 0.15) is 5.54 Å². The maximum Gasteiger partial charge on any atom is 0.127 e. The Morgan fingerprint density at radius 1 is 1.35 bits per heavy atom. The van der Waals surface area contributed by atoms with Crippen LogP contribution in [0.1, 0.15) is 33.6 Å². The minimum absolute atomic E-state index is 0.324. The van der Waals surface area contributed by atoms with E-state index in [4.69, 9.17) is 0 Å². The smallest absolute Gasteiger partial charge is 0.127 e. The van der Waals surface area contributed by atoms with E-state index in [-0.39, 0.29) is 0 Å². The molecular weight excluding hydrogens is 246 g/mol. The zero-order valence-corrected chi connectivity index (χ0v) is 12.8. The van der Waals surface area contributed by atoms with Gasteiger partial charge in [-0.2, -0.15) is 5.26 Å². The lowest BCUT2D eigenvalue weighted by Gasteiger charge is -2.36. The van der Waals surface area contributed by atoms with Gasteiger partial charge >= 0.3 is 0 Å². The molecule has 0 heterocycles. The largest absolute Gasteiger partial charge is 0.369 e. The van der Waals surface area contributed by atoms with E-state index in [2.05, 4.69) is 61.3 Å². The van der Waals surface area contributed by atoms with Crippen molar-refractivity contribution >= 4 is 5.69 Å². The normalized spacial score (nSPS) is 17.6. The summed E-state index contributed by atoms with van der Waals surface area (Å²) in [7, 11) is 0. The Labute approximate surface area is 122 Å². The first-order chi connectivity index (χ1) is 9.61. The van der Waals surface area contributed by atoms with Crippen LogP contribution >= 0.6 is 0 Å². The van der Waals surface area contributed by atoms with Gasteiger partial charge in [0.15, 0.2) is 0 Å². The summed E-state index contributed by atoms with van der Waals surface area (Å²) in [6, 6.07) is 13.3. The number of para-hydroxylation sites is 1. The van der Waals surface area contributed by atoms with Crippen molar-refractivity contribution in [3.8, 4) is 6.07 Å². The molecule has 3 nitrogen and oxygen atoms in total. The predicted molar refractivity (Wildman–Crippen MR) is 83.7 cm³/mol. The van der Waals surface area contributed by atoms with E-state index in [1.165, 1.54) is 18.5 Å². The van der Waals surface area contributed by atoms with E-state index in [1.54, 1.807) is 0 Å². The molecule has 1 aromatic rings. The number of nitrogens with zero attached hydrogens (tertiary/aromatic N) is 2. The van der Waals surface area contributed by atoms with Gasteiger partial charge in [-0.1, -0.05) is 18.2 Å². The van der Waals surface area contributed by atoms with Crippen LogP contribution in [-0.4, -0.2) is 24.7 Å². The second kappa shape index (κ2) is 6.28. The molecule has 20 heavy (non-hydrogen) atoms. The molecule has 0 amide bonds. The first-order valence-electron chi connectivity index (χ1n) is 7.60. The van der Waals surface area contributed by atoms with Gasteiger partial charge in [-0.3, -0.25) is 5.32 Å². The molecule has 0 aromatic heterocycles. The molecule has 1 unspecified atom stereocenters. The number of nitrogens with one attached hydrogen (secondary N) is 1. The van der Waals surface area contributed by atoms with Gasteiger partial charge < -0.3 is 4.90 Å². The van der Waals surface area contributed by atoms with Crippen molar-refractivity contribution in [2.75, 3.05) is 18.0 Å². The fourth-order valence-electron chi connectivity index (χ4n) is 2.87. The van der Waals surface area contributed by atoms with Crippen LogP contribution in [-0.2, 0) is 0 Å². The molecule has 1 aliphatic carbocycles. The van der Waals surface area contributed by atoms with Crippen LogP contribution < -0.4 is 10.2 Å². The molecule has 1 atom stereocenters. The molecule has 0 saturated heterocycles. The van der Waals surface area contributed by atoms with E-state index < -0.39 is 5.54 Å². The van der Waals surface area contributed by atoms with E-state index >= 15 is 0 Å². The van der Waals surface area contributed by atoms with Crippen LogP contribution in [0.2, 0.25) is 0 Å². The molecule has 1 N–H and O–H groups in total. The second-order valence-electron chi connectivity index (χ2n) is 6.01. The Kier molecular flexibility index (Phi) is 4.67. The van der Waals surface area contributed by atoms with E-state index in [0.29, 0.717) is 12.0 Å². The molecule has 1 aromatic carbocycles. The third-order valence-electron chi connectivity index (χ3n) is 3.96. The minimum Gasteiger partial charge on any atom is -0.369 e. The molecule has 0 bridgehead atoms. The molecule has 3 heteroatoms. The highest BCUT2D eigenvalue weighted by molar-refractivity contribution is 5.47. The van der Waals surface area contributed by atoms with Gasteiger partial charge in [-0.15, -0.1) is 0 Å². The lowest BCUT2D eigenvalue weighted by atomic mass is 9.92. The third kappa shape index (κ3) is 3.32. The monoisotopic (exact) mass is 271 g/mol. The highest BCUT2D eigenvalue weighted by Crippen LogP contribution is 2.40. The number of nitriles is 1. The summed E-state index contributed by atoms with van der Waals surface area (Å²) < 4.78 is 0. The fraction of sp³-hybridized carbons (Fsp3) is 0.588. The molecule has 0 spiro atoms. The lowest BCUT2D eigenvalue weighted by molar-refractivity contribution is 0.336. The molecule has 1 saturated carbocycles. The Morgan fingerprint density at radius 3 is 2.45 bits per heavy atom. The number of hydrogen-bond donors (Lipinski definition) is 1. The third-order valence-corrected chi connectivity index (χ3v) is 3.96. The average Bonchev–Trinajstić information content (AvgIpc) is 3.29. The van der Waals surface area contributed by atoms with E-state index in [0.717, 1.165) is 13.1 Å². The summed E-state index contributed by atoms with van der Waals surface area (Å²) in [5.74, 6) is 0.493. The molecular formula is C17H25N3. The van der Waals surface area contributed by atoms with Gasteiger partial charge in [0.25, 0.3) is 0 Å². The number of rotatable bonds is 7. The van der Waals surface area contributed by atoms with Crippen molar-refractivity contribution in [3.63, 3.8) is 0 Å². The summed E-state index contributed by atoms with van der Waals surface area (Å²) in [5.41, 5.74) is 0.779. The van der Waals surface area contributed by atoms with Crippen molar-refractivity contribution < 1.29 is 0 Å². The standard InChI is InChI=1S/C17H25N3/c1-4-20(16-8-6-5-7-9-16)13-17(12-18,15-10-11-15)19-14(2)3/h5-9,14-15,19H,4,10-11,13H2,1-3H3. The quantitative estimate of drug-likeness (QED) is 0.828. The summed E-state index contributed by atoms with van der Waals surface area (Å²) in [6.07, 6.45) is 2.33. The lowest BCUT2D eigenvalue weighted by Crippen LogP contribution is -2.56. The summed E-state index contributed by atoms with van der Waals surface area (Å²) in [5, 5.41) is 13.3. The van der Waals surface area contributed by atoms with Crippen LogP contribution in [0.3, 0.4) is 0 Å². The maximum atomic E-state index is 9.79. The summed E-state index contributed by atoms with van der Waals surface area (Å²) >= 11 is 0. The highest BCUT2D eigenvalue weighted by atomic mass is 15.2. The Hall–Kier alpha value is -1.53. The van der Waals surface area contributed by atoms with Crippen LogP contribution in [0.5, 0.6) is 0 Å². The molecule has 1 aliphatic rings. The van der Waals surface area contributed by atoms with Gasteiger partial charge in [-0.05, 0) is 51.7 Å². The summed E-state index contributed by atoms with van der Waals surface area (Å²) in [4.78, 5) is 2.30. The van der Waals surface area contributed by atoms with Crippen molar-refractivity contribution in [2.24, 2.45) is 5.92 Å². The SMILES string of the molecule is CCN(CC(C#N)(NC(C)C)C1CC1)c1ccccc1. The van der Waals surface area contributed by atoms with Crippen LogP contribution in [0.15, 0.2) is 30.3 Å². The second-order valence-corrected chi connectivity index (χ2v) is 6.01. The average molecular weight is 271 g/mol. The summed E-state index contributed by atoms with van der Waals surface area (Å²) in [6.45, 7) is 8.06. The Bertz CT molecular complexity index is 459. The van der Waals surface area contributed by atoms with E-state index in [1.807, 2.05) is 6.07 Å². The maximum absolute atomic E-state index is 9.79. The van der Waals surface area contributed by atoms with Crippen molar-refractivity contribution in [1.82, 2.24) is 5.32 Å². The molecule has 2 rings (SSSR count). The molecule has 0 radical (unpaired) electrons. The number of benzene rings is 1. The minimum atomic E-state index is -0.417. The zero-order valence-electron chi connectivity index (χ0n) is 12.8. The van der Waals surface area contributed by atoms with Gasteiger partial charge in [-0.25, -0.2) is 0 Å². The number of hydrogen-bond acceptors (Lipinski definition) is 3. The molecule has 108 valence electrons. The van der Waals surface area contributed by atoms with Gasteiger partial charge in [0.05, 0.1) is 6.07 Å². The zero-order chi connectivity index (χ0) is 14.6. The highest BCUT2D eigenvalue weighted by Gasteiger charge is 2.47. The Balaban J connectivity index is 2.20. The first-order valence-corrected chi connectivity index (χ1v) is 7.60. The van der Waals surface area contributed by atoms with Crippen molar-refractivity contribution in [1.29, 1.82) is 5.26 Å². The van der Waals surface area contributed by atoms with Crippen LogP contribution in [0.4, 0.5) is 5.69 Å². The van der Waals surface area contributed by atoms with Gasteiger partial charge in [0.2, 0.25) is 0 Å². The topological polar surface area (TPSA) is 39.1 Å².